The summed E-state index contributed by atoms with van der Waals surface area (Å²) in [7, 11) is 1.86. The third kappa shape index (κ3) is 5.02. The lowest BCUT2D eigenvalue weighted by Gasteiger charge is -2.30. The number of hydrogen-bond acceptors (Lipinski definition) is 4. The fourth-order valence-electron chi connectivity index (χ4n) is 2.63. The number of nitrogens with zero attached hydrogens (tertiary/aromatic N) is 1. The number of hydrogen-bond donors (Lipinski definition) is 3. The summed E-state index contributed by atoms with van der Waals surface area (Å²) in [6, 6.07) is 7.69. The Balaban J connectivity index is 1.72. The molecule has 0 saturated carbocycles. The van der Waals surface area contributed by atoms with Gasteiger partial charge in [0, 0.05) is 38.0 Å². The highest BCUT2D eigenvalue weighted by molar-refractivity contribution is 5.91. The molecule has 116 valence electrons. The van der Waals surface area contributed by atoms with Crippen molar-refractivity contribution in [3.8, 4) is 0 Å². The van der Waals surface area contributed by atoms with Gasteiger partial charge in [0.15, 0.2) is 0 Å². The predicted molar refractivity (Wildman–Crippen MR) is 85.5 cm³/mol. The zero-order valence-electron chi connectivity index (χ0n) is 12.6. The van der Waals surface area contributed by atoms with E-state index in [0.717, 1.165) is 43.9 Å². The van der Waals surface area contributed by atoms with Crippen LogP contribution in [0.5, 0.6) is 0 Å². The zero-order valence-corrected chi connectivity index (χ0v) is 12.6. The molecule has 1 aromatic rings. The van der Waals surface area contributed by atoms with Gasteiger partial charge in [-0.05, 0) is 50.0 Å². The fraction of sp³-hybridized carbons (Fsp3) is 0.562. The summed E-state index contributed by atoms with van der Waals surface area (Å²) in [5.41, 5.74) is 1.81. The molecule has 1 amide bonds. The number of carbonyl (C=O) groups excluding carboxylic acids is 1. The molecule has 1 heterocycles. The Bertz CT molecular complexity index is 457. The lowest BCUT2D eigenvalue weighted by Crippen LogP contribution is -2.36. The van der Waals surface area contributed by atoms with Gasteiger partial charge in [-0.1, -0.05) is 6.07 Å². The van der Waals surface area contributed by atoms with E-state index in [9.17, 15) is 4.79 Å². The molecule has 5 nitrogen and oxygen atoms in total. The quantitative estimate of drug-likeness (QED) is 0.747. The number of anilines is 2. The lowest BCUT2D eigenvalue weighted by atomic mass is 9.98. The van der Waals surface area contributed by atoms with Gasteiger partial charge in [-0.2, -0.15) is 0 Å². The molecule has 2 rings (SSSR count). The van der Waals surface area contributed by atoms with Crippen LogP contribution in [0.25, 0.3) is 0 Å². The molecule has 1 aliphatic rings. The summed E-state index contributed by atoms with van der Waals surface area (Å²) in [6.07, 6.45) is 2.57. The van der Waals surface area contributed by atoms with E-state index >= 15 is 0 Å². The summed E-state index contributed by atoms with van der Waals surface area (Å²) in [6.45, 7) is 3.04. The number of piperidine rings is 1. The van der Waals surface area contributed by atoms with Gasteiger partial charge in [-0.3, -0.25) is 4.79 Å². The summed E-state index contributed by atoms with van der Waals surface area (Å²) in [4.78, 5) is 14.3. The number of aliphatic hydroxyl groups excluding tert-OH is 1. The van der Waals surface area contributed by atoms with Crippen molar-refractivity contribution in [2.45, 2.75) is 19.3 Å². The number of aliphatic hydroxyl groups is 1. The molecule has 3 N–H and O–H groups in total. The molecule has 0 radical (unpaired) electrons. The standard InChI is InChI=1S/C16H25N3O2/c1-17-14-3-2-4-15(11-14)18-16(21)7-10-19-8-5-13(12-20)6-9-19/h2-4,11,13,17,20H,5-10,12H2,1H3,(H,18,21). The van der Waals surface area contributed by atoms with Crippen molar-refractivity contribution < 1.29 is 9.90 Å². The van der Waals surface area contributed by atoms with E-state index in [1.807, 2.05) is 31.3 Å². The summed E-state index contributed by atoms with van der Waals surface area (Å²) in [5.74, 6) is 0.492. The molecule has 0 unspecified atom stereocenters. The molecule has 1 aromatic carbocycles. The van der Waals surface area contributed by atoms with Gasteiger partial charge in [0.2, 0.25) is 5.91 Å². The van der Waals surface area contributed by atoms with Crippen molar-refractivity contribution in [3.63, 3.8) is 0 Å². The molecule has 0 bridgehead atoms. The monoisotopic (exact) mass is 291 g/mol. The van der Waals surface area contributed by atoms with E-state index in [-0.39, 0.29) is 12.5 Å². The van der Waals surface area contributed by atoms with Gasteiger partial charge in [0.05, 0.1) is 0 Å². The average Bonchev–Trinajstić information content (AvgIpc) is 2.53. The van der Waals surface area contributed by atoms with Crippen LogP contribution >= 0.6 is 0 Å². The molecule has 1 aliphatic heterocycles. The lowest BCUT2D eigenvalue weighted by molar-refractivity contribution is -0.116. The van der Waals surface area contributed by atoms with Gasteiger partial charge >= 0.3 is 0 Å². The van der Waals surface area contributed by atoms with E-state index in [1.165, 1.54) is 0 Å². The number of nitrogens with one attached hydrogen (secondary N) is 2. The first kappa shape index (κ1) is 15.8. The summed E-state index contributed by atoms with van der Waals surface area (Å²) < 4.78 is 0. The van der Waals surface area contributed by atoms with E-state index in [2.05, 4.69) is 15.5 Å². The topological polar surface area (TPSA) is 64.6 Å². The predicted octanol–water partition coefficient (Wildman–Crippen LogP) is 1.76. The first-order valence-corrected chi connectivity index (χ1v) is 7.62. The Kier molecular flexibility index (Phi) is 6.02. The van der Waals surface area contributed by atoms with Crippen LogP contribution in [0, 0.1) is 5.92 Å². The SMILES string of the molecule is CNc1cccc(NC(=O)CCN2CCC(CO)CC2)c1. The van der Waals surface area contributed by atoms with E-state index < -0.39 is 0 Å². The van der Waals surface area contributed by atoms with Gasteiger partial charge in [0.25, 0.3) is 0 Å². The second-order valence-electron chi connectivity index (χ2n) is 5.60. The molecule has 5 heteroatoms. The maximum absolute atomic E-state index is 12.0. The number of carbonyl (C=O) groups is 1. The number of amides is 1. The minimum Gasteiger partial charge on any atom is -0.396 e. The number of benzene rings is 1. The number of rotatable bonds is 6. The van der Waals surface area contributed by atoms with Gasteiger partial charge in [-0.15, -0.1) is 0 Å². The molecule has 0 aliphatic carbocycles. The van der Waals surface area contributed by atoms with Gasteiger partial charge in [-0.25, -0.2) is 0 Å². The molecule has 21 heavy (non-hydrogen) atoms. The Hall–Kier alpha value is -1.59. The Morgan fingerprint density at radius 2 is 2.05 bits per heavy atom. The van der Waals surface area contributed by atoms with Gasteiger partial charge < -0.3 is 20.6 Å². The molecule has 1 saturated heterocycles. The minimum atomic E-state index is 0.0486. The van der Waals surface area contributed by atoms with Crippen molar-refractivity contribution in [2.24, 2.45) is 5.92 Å². The third-order valence-electron chi connectivity index (χ3n) is 4.06. The molecular weight excluding hydrogens is 266 g/mol. The minimum absolute atomic E-state index is 0.0486. The summed E-state index contributed by atoms with van der Waals surface area (Å²) >= 11 is 0. The molecule has 1 fully saturated rings. The second kappa shape index (κ2) is 8.00. The highest BCUT2D eigenvalue weighted by atomic mass is 16.3. The fourth-order valence-corrected chi connectivity index (χ4v) is 2.63. The van der Waals surface area contributed by atoms with Crippen LogP contribution in [0.2, 0.25) is 0 Å². The summed E-state index contributed by atoms with van der Waals surface area (Å²) in [5, 5.41) is 15.1. The first-order valence-electron chi connectivity index (χ1n) is 7.62. The van der Waals surface area contributed by atoms with Crippen molar-refractivity contribution >= 4 is 17.3 Å². The largest absolute Gasteiger partial charge is 0.396 e. The third-order valence-corrected chi connectivity index (χ3v) is 4.06. The highest BCUT2D eigenvalue weighted by Crippen LogP contribution is 2.17. The normalized spacial score (nSPS) is 16.7. The van der Waals surface area contributed by atoms with Crippen molar-refractivity contribution in [1.82, 2.24) is 4.90 Å². The van der Waals surface area contributed by atoms with Crippen molar-refractivity contribution in [1.29, 1.82) is 0 Å². The van der Waals surface area contributed by atoms with E-state index in [0.29, 0.717) is 12.3 Å². The Morgan fingerprint density at radius 3 is 2.71 bits per heavy atom. The maximum atomic E-state index is 12.0. The van der Waals surface area contributed by atoms with Crippen LogP contribution in [0.3, 0.4) is 0 Å². The maximum Gasteiger partial charge on any atom is 0.225 e. The molecule has 0 atom stereocenters. The van der Waals surface area contributed by atoms with E-state index in [1.54, 1.807) is 0 Å². The van der Waals surface area contributed by atoms with E-state index in [4.69, 9.17) is 5.11 Å². The molecule has 0 spiro atoms. The smallest absolute Gasteiger partial charge is 0.225 e. The van der Waals surface area contributed by atoms with Crippen molar-refractivity contribution in [2.75, 3.05) is 43.9 Å². The highest BCUT2D eigenvalue weighted by Gasteiger charge is 2.18. The Morgan fingerprint density at radius 1 is 1.33 bits per heavy atom. The van der Waals surface area contributed by atoms with Crippen LogP contribution in [-0.2, 0) is 4.79 Å². The van der Waals surface area contributed by atoms with Crippen LogP contribution < -0.4 is 10.6 Å². The molecule has 0 aromatic heterocycles. The second-order valence-corrected chi connectivity index (χ2v) is 5.60. The van der Waals surface area contributed by atoms with Crippen molar-refractivity contribution in [3.05, 3.63) is 24.3 Å². The zero-order chi connectivity index (χ0) is 15.1. The number of likely N-dealkylation sites (tertiary alicyclic amines) is 1. The average molecular weight is 291 g/mol. The van der Waals surface area contributed by atoms with Crippen LogP contribution in [-0.4, -0.2) is 49.2 Å². The van der Waals surface area contributed by atoms with Crippen LogP contribution in [0.1, 0.15) is 19.3 Å². The molecular formula is C16H25N3O2. The Labute approximate surface area is 126 Å². The van der Waals surface area contributed by atoms with Gasteiger partial charge in [0.1, 0.15) is 0 Å². The first-order chi connectivity index (χ1) is 10.2. The van der Waals surface area contributed by atoms with Crippen LogP contribution in [0.15, 0.2) is 24.3 Å². The van der Waals surface area contributed by atoms with Crippen LogP contribution in [0.4, 0.5) is 11.4 Å².